The van der Waals surface area contributed by atoms with Crippen molar-refractivity contribution < 1.29 is 13.7 Å². The van der Waals surface area contributed by atoms with Gasteiger partial charge in [0.25, 0.3) is 5.91 Å². The minimum absolute atomic E-state index is 0.264. The fraction of sp³-hybridized carbons (Fsp3) is 0.143. The summed E-state index contributed by atoms with van der Waals surface area (Å²) in [5, 5.41) is 7.91. The Morgan fingerprint density at radius 2 is 2.07 bits per heavy atom. The standard InChI is InChI=1S/C21H17FN4O2S2/c1-13-9-16(26-28-13)12-29-20-18(3-2-8-23-20)19(27)25-21-24-11-17(30-21)10-14-4-6-15(22)7-5-14/h2-9,11H,10,12H2,1H3,(H,24,25,27). The van der Waals surface area contributed by atoms with E-state index in [0.29, 0.717) is 27.9 Å². The highest BCUT2D eigenvalue weighted by atomic mass is 32.2. The first-order valence-electron chi connectivity index (χ1n) is 9.07. The van der Waals surface area contributed by atoms with Gasteiger partial charge in [0.1, 0.15) is 16.6 Å². The van der Waals surface area contributed by atoms with E-state index >= 15 is 0 Å². The van der Waals surface area contributed by atoms with Gasteiger partial charge in [-0.1, -0.05) is 29.1 Å². The van der Waals surface area contributed by atoms with Crippen LogP contribution in [0.25, 0.3) is 0 Å². The second-order valence-corrected chi connectivity index (χ2v) is 8.54. The molecule has 0 aliphatic heterocycles. The molecule has 1 N–H and O–H groups in total. The van der Waals surface area contributed by atoms with Crippen LogP contribution in [0.3, 0.4) is 0 Å². The fourth-order valence-corrected chi connectivity index (χ4v) is 4.44. The molecular formula is C21H17FN4O2S2. The van der Waals surface area contributed by atoms with Crippen LogP contribution in [-0.2, 0) is 12.2 Å². The zero-order valence-electron chi connectivity index (χ0n) is 16.0. The van der Waals surface area contributed by atoms with Crippen LogP contribution >= 0.6 is 23.1 Å². The lowest BCUT2D eigenvalue weighted by Crippen LogP contribution is -2.13. The molecule has 0 aliphatic rings. The number of nitrogens with one attached hydrogen (secondary N) is 1. The summed E-state index contributed by atoms with van der Waals surface area (Å²) in [6.07, 6.45) is 3.99. The lowest BCUT2D eigenvalue weighted by Gasteiger charge is -2.06. The normalized spacial score (nSPS) is 10.9. The van der Waals surface area contributed by atoms with Gasteiger partial charge in [-0.15, -0.1) is 11.3 Å². The summed E-state index contributed by atoms with van der Waals surface area (Å²) in [6.45, 7) is 1.83. The number of hydrogen-bond acceptors (Lipinski definition) is 7. The first kappa shape index (κ1) is 20.2. The minimum atomic E-state index is -0.274. The third kappa shape index (κ3) is 5.11. The third-order valence-electron chi connectivity index (χ3n) is 4.11. The molecule has 1 amide bonds. The molecule has 3 heterocycles. The molecule has 0 spiro atoms. The van der Waals surface area contributed by atoms with E-state index in [1.54, 1.807) is 36.7 Å². The Morgan fingerprint density at radius 1 is 1.23 bits per heavy atom. The van der Waals surface area contributed by atoms with Crippen LogP contribution in [0.5, 0.6) is 0 Å². The van der Waals surface area contributed by atoms with Gasteiger partial charge in [0.2, 0.25) is 0 Å². The summed E-state index contributed by atoms with van der Waals surface area (Å²) < 4.78 is 18.1. The molecule has 0 radical (unpaired) electrons. The van der Waals surface area contributed by atoms with Gasteiger partial charge in [-0.05, 0) is 36.8 Å². The number of benzene rings is 1. The predicted octanol–water partition coefficient (Wildman–Crippen LogP) is 5.11. The first-order valence-corrected chi connectivity index (χ1v) is 10.9. The van der Waals surface area contributed by atoms with Crippen LogP contribution in [0, 0.1) is 12.7 Å². The Morgan fingerprint density at radius 3 is 2.83 bits per heavy atom. The van der Waals surface area contributed by atoms with E-state index in [1.807, 2.05) is 13.0 Å². The number of thioether (sulfide) groups is 1. The van der Waals surface area contributed by atoms with E-state index in [1.165, 1.54) is 35.2 Å². The molecule has 152 valence electrons. The summed E-state index contributed by atoms with van der Waals surface area (Å²) in [5.41, 5.74) is 2.24. The maximum absolute atomic E-state index is 13.0. The van der Waals surface area contributed by atoms with Crippen LogP contribution in [0.4, 0.5) is 9.52 Å². The number of hydrogen-bond donors (Lipinski definition) is 1. The molecule has 0 saturated carbocycles. The Balaban J connectivity index is 1.41. The molecule has 6 nitrogen and oxygen atoms in total. The summed E-state index contributed by atoms with van der Waals surface area (Å²) in [5.74, 6) is 0.752. The minimum Gasteiger partial charge on any atom is -0.361 e. The van der Waals surface area contributed by atoms with E-state index in [4.69, 9.17) is 4.52 Å². The second-order valence-electron chi connectivity index (χ2n) is 6.46. The van der Waals surface area contributed by atoms with Gasteiger partial charge in [0.05, 0.1) is 11.3 Å². The number of halogens is 1. The maximum atomic E-state index is 13.0. The number of rotatable bonds is 7. The average molecular weight is 441 g/mol. The number of thiazole rings is 1. The van der Waals surface area contributed by atoms with Crippen molar-refractivity contribution in [3.63, 3.8) is 0 Å². The van der Waals surface area contributed by atoms with Crippen LogP contribution in [0.15, 0.2) is 64.4 Å². The molecule has 0 unspecified atom stereocenters. The smallest absolute Gasteiger partial charge is 0.260 e. The monoisotopic (exact) mass is 440 g/mol. The number of carbonyl (C=O) groups excluding carboxylic acids is 1. The molecule has 4 rings (SSSR count). The molecule has 0 bridgehead atoms. The Hall–Kier alpha value is -3.04. The van der Waals surface area contributed by atoms with Gasteiger partial charge >= 0.3 is 0 Å². The molecule has 3 aromatic heterocycles. The number of pyridine rings is 1. The van der Waals surface area contributed by atoms with E-state index in [0.717, 1.165) is 21.9 Å². The van der Waals surface area contributed by atoms with Crippen molar-refractivity contribution in [3.05, 3.63) is 88.1 Å². The lowest BCUT2D eigenvalue weighted by molar-refractivity contribution is 0.102. The SMILES string of the molecule is Cc1cc(CSc2ncccc2C(=O)Nc2ncc(Cc3ccc(F)cc3)s2)no1. The highest BCUT2D eigenvalue weighted by Crippen LogP contribution is 2.26. The van der Waals surface area contributed by atoms with Crippen molar-refractivity contribution in [2.45, 2.75) is 24.1 Å². The Bertz CT molecular complexity index is 1160. The van der Waals surface area contributed by atoms with Gasteiger partial charge in [-0.3, -0.25) is 10.1 Å². The number of carbonyl (C=O) groups is 1. The van der Waals surface area contributed by atoms with Crippen LogP contribution in [0.1, 0.15) is 32.3 Å². The molecule has 0 saturated heterocycles. The maximum Gasteiger partial charge on any atom is 0.260 e. The lowest BCUT2D eigenvalue weighted by atomic mass is 10.1. The number of amides is 1. The predicted molar refractivity (Wildman–Crippen MR) is 114 cm³/mol. The molecule has 0 fully saturated rings. The zero-order valence-corrected chi connectivity index (χ0v) is 17.6. The molecule has 1 aromatic carbocycles. The Labute approximate surface area is 180 Å². The topological polar surface area (TPSA) is 80.9 Å². The van der Waals surface area contributed by atoms with E-state index in [2.05, 4.69) is 20.4 Å². The van der Waals surface area contributed by atoms with E-state index < -0.39 is 0 Å². The van der Waals surface area contributed by atoms with E-state index in [-0.39, 0.29) is 11.7 Å². The number of aromatic nitrogens is 3. The Kier molecular flexibility index (Phi) is 6.20. The van der Waals surface area contributed by atoms with Crippen molar-refractivity contribution >= 4 is 34.1 Å². The number of aryl methyl sites for hydroxylation is 1. The third-order valence-corrected chi connectivity index (χ3v) is 6.07. The van der Waals surface area contributed by atoms with Gasteiger partial charge in [0, 0.05) is 35.5 Å². The van der Waals surface area contributed by atoms with Crippen molar-refractivity contribution in [2.75, 3.05) is 5.32 Å². The average Bonchev–Trinajstić information content (AvgIpc) is 3.37. The molecule has 9 heteroatoms. The van der Waals surface area contributed by atoms with Crippen molar-refractivity contribution in [1.29, 1.82) is 0 Å². The molecule has 4 aromatic rings. The largest absolute Gasteiger partial charge is 0.361 e. The van der Waals surface area contributed by atoms with Crippen LogP contribution < -0.4 is 5.32 Å². The summed E-state index contributed by atoms with van der Waals surface area (Å²) in [7, 11) is 0. The van der Waals surface area contributed by atoms with Gasteiger partial charge in [-0.25, -0.2) is 14.4 Å². The quantitative estimate of drug-likeness (QED) is 0.402. The summed E-state index contributed by atoms with van der Waals surface area (Å²) in [4.78, 5) is 22.4. The molecule has 30 heavy (non-hydrogen) atoms. The van der Waals surface area contributed by atoms with Crippen LogP contribution in [0.2, 0.25) is 0 Å². The number of nitrogens with zero attached hydrogens (tertiary/aromatic N) is 3. The van der Waals surface area contributed by atoms with Gasteiger partial charge in [0.15, 0.2) is 5.13 Å². The summed E-state index contributed by atoms with van der Waals surface area (Å²) >= 11 is 2.81. The van der Waals surface area contributed by atoms with Crippen LogP contribution in [-0.4, -0.2) is 21.0 Å². The fourth-order valence-electron chi connectivity index (χ4n) is 2.72. The molecule has 0 aliphatic carbocycles. The first-order chi connectivity index (χ1) is 14.6. The van der Waals surface area contributed by atoms with Crippen molar-refractivity contribution in [1.82, 2.24) is 15.1 Å². The highest BCUT2D eigenvalue weighted by molar-refractivity contribution is 7.98. The zero-order chi connectivity index (χ0) is 20.9. The van der Waals surface area contributed by atoms with Gasteiger partial charge < -0.3 is 4.52 Å². The number of anilines is 1. The van der Waals surface area contributed by atoms with Crippen molar-refractivity contribution in [3.8, 4) is 0 Å². The van der Waals surface area contributed by atoms with Gasteiger partial charge in [-0.2, -0.15) is 0 Å². The molecular weight excluding hydrogens is 423 g/mol. The van der Waals surface area contributed by atoms with E-state index in [9.17, 15) is 9.18 Å². The van der Waals surface area contributed by atoms with Crippen molar-refractivity contribution in [2.24, 2.45) is 0 Å². The second kappa shape index (κ2) is 9.19. The highest BCUT2D eigenvalue weighted by Gasteiger charge is 2.15. The summed E-state index contributed by atoms with van der Waals surface area (Å²) in [6, 6.07) is 11.6. The molecule has 0 atom stereocenters.